The van der Waals surface area contributed by atoms with Gasteiger partial charge in [-0.3, -0.25) is 14.3 Å². The molecule has 186 valence electrons. The van der Waals surface area contributed by atoms with Crippen LogP contribution in [0.25, 0.3) is 22.3 Å². The Morgan fingerprint density at radius 1 is 1.14 bits per heavy atom. The summed E-state index contributed by atoms with van der Waals surface area (Å²) >= 11 is 1.50. The van der Waals surface area contributed by atoms with Crippen LogP contribution in [0.3, 0.4) is 0 Å². The third kappa shape index (κ3) is 4.73. The molecule has 2 aromatic heterocycles. The second kappa shape index (κ2) is 9.95. The van der Waals surface area contributed by atoms with Crippen molar-refractivity contribution in [1.29, 1.82) is 0 Å². The van der Waals surface area contributed by atoms with Crippen LogP contribution in [-0.4, -0.2) is 74.7 Å². The fourth-order valence-corrected chi connectivity index (χ4v) is 6.61. The molecule has 3 aliphatic rings. The first-order valence-electron chi connectivity index (χ1n) is 13.0. The first kappa shape index (κ1) is 23.1. The number of benzene rings is 1. The normalized spacial score (nSPS) is 20.8. The minimum Gasteiger partial charge on any atom is -0.379 e. The quantitative estimate of drug-likeness (QED) is 0.460. The Kier molecular flexibility index (Phi) is 6.56. The summed E-state index contributed by atoms with van der Waals surface area (Å²) in [5.41, 5.74) is 2.25. The number of carbonyl (C=O) groups excluding carboxylic acids is 1. The van der Waals surface area contributed by atoms with Gasteiger partial charge in [-0.1, -0.05) is 49.2 Å². The van der Waals surface area contributed by atoms with E-state index >= 15 is 0 Å². The molecule has 3 fully saturated rings. The zero-order valence-corrected chi connectivity index (χ0v) is 21.0. The maximum atomic E-state index is 13.0. The van der Waals surface area contributed by atoms with Gasteiger partial charge in [0, 0.05) is 53.9 Å². The molecule has 0 unspecified atom stereocenters. The van der Waals surface area contributed by atoms with Crippen LogP contribution < -0.4 is 5.32 Å². The average Bonchev–Trinajstić information content (AvgIpc) is 3.52. The number of para-hydroxylation sites is 1. The van der Waals surface area contributed by atoms with Gasteiger partial charge in [-0.25, -0.2) is 0 Å². The van der Waals surface area contributed by atoms with Gasteiger partial charge in [-0.15, -0.1) is 10.2 Å². The Hall–Kier alpha value is -2.36. The van der Waals surface area contributed by atoms with E-state index in [1.165, 1.54) is 31.0 Å². The lowest BCUT2D eigenvalue weighted by atomic mass is 9.79. The van der Waals surface area contributed by atoms with E-state index in [9.17, 15) is 4.79 Å². The molecule has 3 heterocycles. The Morgan fingerprint density at radius 2 is 1.94 bits per heavy atom. The number of nitrogens with one attached hydrogen (secondary N) is 2. The number of H-pyrrole nitrogens is 1. The summed E-state index contributed by atoms with van der Waals surface area (Å²) in [6, 6.07) is 8.69. The molecule has 0 spiro atoms. The maximum absolute atomic E-state index is 13.0. The molecular weight excluding hydrogens is 460 g/mol. The highest BCUT2D eigenvalue weighted by atomic mass is 32.2. The van der Waals surface area contributed by atoms with Crippen LogP contribution >= 0.6 is 11.8 Å². The molecule has 0 bridgehead atoms. The van der Waals surface area contributed by atoms with Crippen molar-refractivity contribution in [3.63, 3.8) is 0 Å². The summed E-state index contributed by atoms with van der Waals surface area (Å²) in [5, 5.41) is 14.3. The fourth-order valence-electron chi connectivity index (χ4n) is 5.77. The van der Waals surface area contributed by atoms with E-state index in [4.69, 9.17) is 4.74 Å². The second-order valence-electron chi connectivity index (χ2n) is 10.1. The number of morpholine rings is 1. The van der Waals surface area contributed by atoms with Crippen molar-refractivity contribution >= 4 is 28.6 Å². The van der Waals surface area contributed by atoms with Crippen LogP contribution in [0.5, 0.6) is 0 Å². The van der Waals surface area contributed by atoms with Crippen molar-refractivity contribution in [3.8, 4) is 11.4 Å². The minimum atomic E-state index is 0.0761. The molecule has 2 N–H and O–H groups in total. The predicted molar refractivity (Wildman–Crippen MR) is 138 cm³/mol. The van der Waals surface area contributed by atoms with E-state index in [2.05, 4.69) is 42.1 Å². The van der Waals surface area contributed by atoms with Gasteiger partial charge in [-0.05, 0) is 31.7 Å². The van der Waals surface area contributed by atoms with Gasteiger partial charge < -0.3 is 15.0 Å². The number of aromatic amines is 1. The number of amides is 1. The van der Waals surface area contributed by atoms with Gasteiger partial charge in [0.05, 0.1) is 19.0 Å². The lowest BCUT2D eigenvalue weighted by Gasteiger charge is -2.48. The summed E-state index contributed by atoms with van der Waals surface area (Å²) in [4.78, 5) is 18.9. The summed E-state index contributed by atoms with van der Waals surface area (Å²) in [7, 11) is 0. The Labute approximate surface area is 210 Å². The van der Waals surface area contributed by atoms with Crippen molar-refractivity contribution in [2.45, 2.75) is 61.7 Å². The number of thioether (sulfide) groups is 1. The Bertz CT molecular complexity index is 1170. The smallest absolute Gasteiger partial charge is 0.230 e. The number of carbonyl (C=O) groups is 1. The highest BCUT2D eigenvalue weighted by Crippen LogP contribution is 2.42. The van der Waals surface area contributed by atoms with E-state index < -0.39 is 0 Å². The predicted octanol–water partition coefficient (Wildman–Crippen LogP) is 4.00. The molecule has 8 nitrogen and oxygen atoms in total. The molecule has 1 aliphatic heterocycles. The summed E-state index contributed by atoms with van der Waals surface area (Å²) in [5.74, 6) is 1.33. The maximum Gasteiger partial charge on any atom is 0.230 e. The standard InChI is InChI=1S/C26H34N6O2S/c33-23(28-18-26(10-4-1-5-11-26)31-12-14-34-15-13-31)17-35-25-30-29-24(32(25)19-8-9-19)21-16-27-22-7-3-2-6-20(21)22/h2-3,6-7,16,19,27H,1,4-5,8-15,17-18H2,(H,28,33). The van der Waals surface area contributed by atoms with Crippen LogP contribution in [-0.2, 0) is 9.53 Å². The number of ether oxygens (including phenoxy) is 1. The lowest BCUT2D eigenvalue weighted by Crippen LogP contribution is -2.59. The van der Waals surface area contributed by atoms with E-state index in [0.717, 1.165) is 86.0 Å². The van der Waals surface area contributed by atoms with Crippen molar-refractivity contribution in [3.05, 3.63) is 30.5 Å². The van der Waals surface area contributed by atoms with Crippen LogP contribution in [0, 0.1) is 0 Å². The van der Waals surface area contributed by atoms with Gasteiger partial charge in [0.1, 0.15) is 0 Å². The highest BCUT2D eigenvalue weighted by Gasteiger charge is 2.39. The Balaban J connectivity index is 1.13. The molecule has 1 aromatic carbocycles. The van der Waals surface area contributed by atoms with E-state index in [0.29, 0.717) is 11.8 Å². The molecule has 2 aliphatic carbocycles. The SMILES string of the molecule is O=C(CSc1nnc(-c2c[nH]c3ccccc23)n1C1CC1)NCC1(N2CCOCC2)CCCCC1. The van der Waals surface area contributed by atoms with Gasteiger partial charge >= 0.3 is 0 Å². The van der Waals surface area contributed by atoms with Crippen molar-refractivity contribution < 1.29 is 9.53 Å². The molecule has 2 saturated carbocycles. The first-order valence-corrected chi connectivity index (χ1v) is 14.0. The number of nitrogens with zero attached hydrogens (tertiary/aromatic N) is 4. The third-order valence-electron chi connectivity index (χ3n) is 7.82. The van der Waals surface area contributed by atoms with Gasteiger partial charge in [-0.2, -0.15) is 0 Å². The average molecular weight is 495 g/mol. The van der Waals surface area contributed by atoms with Gasteiger partial charge in [0.15, 0.2) is 11.0 Å². The number of hydrogen-bond donors (Lipinski definition) is 2. The molecule has 1 amide bonds. The molecular formula is C26H34N6O2S. The number of aromatic nitrogens is 4. The number of hydrogen-bond acceptors (Lipinski definition) is 6. The molecule has 0 atom stereocenters. The third-order valence-corrected chi connectivity index (χ3v) is 8.76. The summed E-state index contributed by atoms with van der Waals surface area (Å²) < 4.78 is 7.83. The minimum absolute atomic E-state index is 0.0761. The summed E-state index contributed by atoms with van der Waals surface area (Å²) in [6.07, 6.45) is 10.4. The van der Waals surface area contributed by atoms with Crippen LogP contribution in [0.4, 0.5) is 0 Å². The van der Waals surface area contributed by atoms with Gasteiger partial charge in [0.25, 0.3) is 0 Å². The fraction of sp³-hybridized carbons (Fsp3) is 0.577. The Morgan fingerprint density at radius 3 is 2.74 bits per heavy atom. The van der Waals surface area contributed by atoms with E-state index in [1.54, 1.807) is 0 Å². The second-order valence-corrected chi connectivity index (χ2v) is 11.0. The van der Waals surface area contributed by atoms with E-state index in [1.807, 2.05) is 18.3 Å². The van der Waals surface area contributed by atoms with Gasteiger partial charge in [0.2, 0.25) is 5.91 Å². The van der Waals surface area contributed by atoms with E-state index in [-0.39, 0.29) is 11.4 Å². The van der Waals surface area contributed by atoms with Crippen molar-refractivity contribution in [2.24, 2.45) is 0 Å². The van der Waals surface area contributed by atoms with Crippen molar-refractivity contribution in [2.75, 3.05) is 38.6 Å². The van der Waals surface area contributed by atoms with Crippen LogP contribution in [0.1, 0.15) is 51.0 Å². The highest BCUT2D eigenvalue weighted by molar-refractivity contribution is 7.99. The monoisotopic (exact) mass is 494 g/mol. The lowest BCUT2D eigenvalue weighted by molar-refractivity contribution is -0.119. The molecule has 9 heteroatoms. The van der Waals surface area contributed by atoms with Crippen LogP contribution in [0.2, 0.25) is 0 Å². The molecule has 6 rings (SSSR count). The summed E-state index contributed by atoms with van der Waals surface area (Å²) in [6.45, 7) is 4.24. The number of rotatable bonds is 8. The van der Waals surface area contributed by atoms with Crippen LogP contribution in [0.15, 0.2) is 35.6 Å². The number of fused-ring (bicyclic) bond motifs is 1. The molecule has 3 aromatic rings. The van der Waals surface area contributed by atoms with Crippen molar-refractivity contribution in [1.82, 2.24) is 30.0 Å². The molecule has 1 saturated heterocycles. The first-order chi connectivity index (χ1) is 17.2. The molecule has 0 radical (unpaired) electrons. The largest absolute Gasteiger partial charge is 0.379 e. The zero-order chi connectivity index (χ0) is 23.7. The zero-order valence-electron chi connectivity index (χ0n) is 20.2. The molecule has 35 heavy (non-hydrogen) atoms. The topological polar surface area (TPSA) is 88.1 Å².